The van der Waals surface area contributed by atoms with Crippen LogP contribution >= 0.6 is 15.9 Å². The van der Waals surface area contributed by atoms with Crippen LogP contribution in [0.3, 0.4) is 0 Å². The van der Waals surface area contributed by atoms with Gasteiger partial charge in [-0.25, -0.2) is 10.2 Å². The number of hydrogen-bond acceptors (Lipinski definition) is 4. The lowest BCUT2D eigenvalue weighted by molar-refractivity contribution is -0.0135. The highest BCUT2D eigenvalue weighted by Crippen LogP contribution is 2.55. The minimum Gasteiger partial charge on any atom is -0.504 e. The van der Waals surface area contributed by atoms with Crippen molar-refractivity contribution in [3.05, 3.63) is 22.2 Å². The number of nitrogens with zero attached hydrogens (tertiary/aromatic N) is 1. The Morgan fingerprint density at radius 3 is 2.42 bits per heavy atom. The molecular weight excluding hydrogens is 398 g/mol. The maximum Gasteiger partial charge on any atom is 0.335 e. The number of halogens is 1. The van der Waals surface area contributed by atoms with Crippen molar-refractivity contribution in [1.82, 2.24) is 10.7 Å². The van der Waals surface area contributed by atoms with Crippen LogP contribution in [-0.4, -0.2) is 30.0 Å². The Bertz CT molecular complexity index is 691. The van der Waals surface area contributed by atoms with Crippen molar-refractivity contribution in [2.45, 2.75) is 44.1 Å². The second-order valence-corrected chi connectivity index (χ2v) is 8.93. The van der Waals surface area contributed by atoms with E-state index in [-0.39, 0.29) is 17.3 Å². The summed E-state index contributed by atoms with van der Waals surface area (Å²) in [5, 5.41) is 17.1. The summed E-state index contributed by atoms with van der Waals surface area (Å²) >= 11 is 3.34. The monoisotopic (exact) mass is 421 g/mol. The van der Waals surface area contributed by atoms with Crippen LogP contribution in [0.5, 0.6) is 11.5 Å². The first-order valence-electron chi connectivity index (χ1n) is 9.14. The number of nitrogens with one attached hydrogen (secondary N) is 2. The van der Waals surface area contributed by atoms with Gasteiger partial charge in [0.2, 0.25) is 0 Å². The van der Waals surface area contributed by atoms with Crippen molar-refractivity contribution in [3.63, 3.8) is 0 Å². The molecule has 140 valence electrons. The molecule has 0 heterocycles. The lowest BCUT2D eigenvalue weighted by atomic mass is 9.53. The first kappa shape index (κ1) is 17.6. The minimum atomic E-state index is -0.250. The molecule has 0 spiro atoms. The van der Waals surface area contributed by atoms with Crippen LogP contribution in [0, 0.1) is 17.8 Å². The Balaban J connectivity index is 1.36. The molecule has 0 atom stereocenters. The number of urea groups is 1. The summed E-state index contributed by atoms with van der Waals surface area (Å²) in [5.41, 5.74) is 3.19. The number of carbonyl (C=O) groups is 1. The molecule has 1 aromatic rings. The number of carbonyl (C=O) groups excluding carboxylic acids is 1. The fourth-order valence-electron chi connectivity index (χ4n) is 5.57. The third-order valence-electron chi connectivity index (χ3n) is 6.05. The number of amides is 2. The van der Waals surface area contributed by atoms with Crippen LogP contribution in [-0.2, 0) is 0 Å². The van der Waals surface area contributed by atoms with Gasteiger partial charge in [-0.3, -0.25) is 0 Å². The number of rotatable bonds is 4. The molecule has 4 aliphatic rings. The van der Waals surface area contributed by atoms with Crippen LogP contribution in [0.15, 0.2) is 21.7 Å². The molecule has 0 unspecified atom stereocenters. The number of hydrazone groups is 1. The van der Waals surface area contributed by atoms with Crippen LogP contribution < -0.4 is 15.5 Å². The van der Waals surface area contributed by atoms with Crippen molar-refractivity contribution in [2.24, 2.45) is 22.9 Å². The molecule has 26 heavy (non-hydrogen) atoms. The Morgan fingerprint density at radius 2 is 1.88 bits per heavy atom. The molecule has 0 aliphatic heterocycles. The molecule has 4 saturated carbocycles. The Labute approximate surface area is 161 Å². The lowest BCUT2D eigenvalue weighted by Crippen LogP contribution is -2.61. The van der Waals surface area contributed by atoms with E-state index in [9.17, 15) is 9.90 Å². The van der Waals surface area contributed by atoms with Gasteiger partial charge in [-0.05, 0) is 89.9 Å². The highest BCUT2D eigenvalue weighted by molar-refractivity contribution is 9.10. The molecule has 4 aliphatic carbocycles. The average Bonchev–Trinajstić information content (AvgIpc) is 2.52. The van der Waals surface area contributed by atoms with E-state index in [1.165, 1.54) is 38.7 Å². The number of methoxy groups -OCH3 is 1. The third kappa shape index (κ3) is 3.41. The molecule has 0 aromatic heterocycles. The zero-order valence-electron chi connectivity index (χ0n) is 14.8. The number of phenols is 1. The molecular formula is C19H24BrN3O3. The Morgan fingerprint density at radius 1 is 1.27 bits per heavy atom. The fourth-order valence-corrected chi connectivity index (χ4v) is 6.20. The van der Waals surface area contributed by atoms with E-state index < -0.39 is 0 Å². The van der Waals surface area contributed by atoms with E-state index in [1.807, 2.05) is 0 Å². The fraction of sp³-hybridized carbons (Fsp3) is 0.579. The maximum atomic E-state index is 12.3. The van der Waals surface area contributed by atoms with Gasteiger partial charge in [0.05, 0.1) is 17.8 Å². The molecule has 0 radical (unpaired) electrons. The molecule has 3 N–H and O–H groups in total. The quantitative estimate of drug-likeness (QED) is 0.510. The summed E-state index contributed by atoms with van der Waals surface area (Å²) in [5.74, 6) is 2.73. The van der Waals surface area contributed by atoms with E-state index in [1.54, 1.807) is 6.07 Å². The first-order valence-corrected chi connectivity index (χ1v) is 9.93. The van der Waals surface area contributed by atoms with Gasteiger partial charge in [0.25, 0.3) is 0 Å². The number of ether oxygens (including phenoxy) is 1. The molecule has 1 aromatic carbocycles. The van der Waals surface area contributed by atoms with Gasteiger partial charge in [-0.2, -0.15) is 5.10 Å². The summed E-state index contributed by atoms with van der Waals surface area (Å²) < 4.78 is 5.71. The maximum absolute atomic E-state index is 12.3. The molecule has 6 nitrogen and oxygen atoms in total. The summed E-state index contributed by atoms with van der Waals surface area (Å²) in [6, 6.07) is 3.05. The Hall–Kier alpha value is -1.76. The highest BCUT2D eigenvalue weighted by atomic mass is 79.9. The van der Waals surface area contributed by atoms with Crippen molar-refractivity contribution in [1.29, 1.82) is 0 Å². The smallest absolute Gasteiger partial charge is 0.335 e. The third-order valence-corrected chi connectivity index (χ3v) is 6.64. The zero-order chi connectivity index (χ0) is 18.3. The van der Waals surface area contributed by atoms with Gasteiger partial charge in [0.1, 0.15) is 0 Å². The minimum absolute atomic E-state index is 0.0151. The SMILES string of the molecule is COc1c(O)cc(C=NNC(=O)NC23CC4CC(CC(C4)C2)C3)cc1Br. The summed E-state index contributed by atoms with van der Waals surface area (Å²) in [6.45, 7) is 0. The van der Waals surface area contributed by atoms with E-state index in [2.05, 4.69) is 31.8 Å². The van der Waals surface area contributed by atoms with E-state index in [0.717, 1.165) is 37.0 Å². The predicted molar refractivity (Wildman–Crippen MR) is 103 cm³/mol. The summed E-state index contributed by atoms with van der Waals surface area (Å²) in [4.78, 5) is 12.3. The van der Waals surface area contributed by atoms with E-state index in [4.69, 9.17) is 4.74 Å². The first-order chi connectivity index (χ1) is 12.5. The molecule has 4 fully saturated rings. The normalized spacial score (nSPS) is 32.0. The van der Waals surface area contributed by atoms with Crippen molar-refractivity contribution >= 4 is 28.2 Å². The van der Waals surface area contributed by atoms with Crippen molar-refractivity contribution < 1.29 is 14.6 Å². The zero-order valence-corrected chi connectivity index (χ0v) is 16.4. The lowest BCUT2D eigenvalue weighted by Gasteiger charge is -2.56. The van der Waals surface area contributed by atoms with Crippen LogP contribution in [0.4, 0.5) is 4.79 Å². The molecule has 0 saturated heterocycles. The second kappa shape index (κ2) is 6.76. The molecule has 4 bridgehead atoms. The van der Waals surface area contributed by atoms with Crippen LogP contribution in [0.25, 0.3) is 0 Å². The second-order valence-electron chi connectivity index (χ2n) is 8.08. The number of benzene rings is 1. The average molecular weight is 422 g/mol. The van der Waals surface area contributed by atoms with E-state index >= 15 is 0 Å². The number of phenolic OH excluding ortho intramolecular Hbond substituents is 1. The standard InChI is InChI=1S/C19H24BrN3O3/c1-26-17-15(20)5-14(6-16(17)24)10-21-23-18(25)22-19-7-11-2-12(8-19)4-13(3-11)9-19/h5-6,10-13,24H,2-4,7-9H2,1H3,(H2,22,23,25). The Kier molecular flexibility index (Phi) is 4.59. The number of hydrogen-bond donors (Lipinski definition) is 3. The van der Waals surface area contributed by atoms with Gasteiger partial charge < -0.3 is 15.2 Å². The molecule has 2 amide bonds. The van der Waals surface area contributed by atoms with Gasteiger partial charge in [0.15, 0.2) is 11.5 Å². The number of aromatic hydroxyl groups is 1. The van der Waals surface area contributed by atoms with Gasteiger partial charge >= 0.3 is 6.03 Å². The topological polar surface area (TPSA) is 83.0 Å². The van der Waals surface area contributed by atoms with Crippen molar-refractivity contribution in [3.8, 4) is 11.5 Å². The predicted octanol–water partition coefficient (Wildman–Crippen LogP) is 3.77. The van der Waals surface area contributed by atoms with Gasteiger partial charge in [0, 0.05) is 5.54 Å². The molecule has 7 heteroatoms. The van der Waals surface area contributed by atoms with Crippen molar-refractivity contribution in [2.75, 3.05) is 7.11 Å². The summed E-state index contributed by atoms with van der Waals surface area (Å²) in [6.07, 6.45) is 8.85. The van der Waals surface area contributed by atoms with Gasteiger partial charge in [-0.15, -0.1) is 0 Å². The largest absolute Gasteiger partial charge is 0.504 e. The van der Waals surface area contributed by atoms with Crippen LogP contribution in [0.1, 0.15) is 44.1 Å². The van der Waals surface area contributed by atoms with E-state index in [0.29, 0.717) is 15.8 Å². The summed E-state index contributed by atoms with van der Waals surface area (Å²) in [7, 11) is 1.49. The molecule has 5 rings (SSSR count). The van der Waals surface area contributed by atoms with Crippen LogP contribution in [0.2, 0.25) is 0 Å². The van der Waals surface area contributed by atoms with Gasteiger partial charge in [-0.1, -0.05) is 0 Å². The highest BCUT2D eigenvalue weighted by Gasteiger charge is 2.51.